The molecule has 0 aromatic heterocycles. The van der Waals surface area contributed by atoms with Gasteiger partial charge in [-0.15, -0.1) is 0 Å². The first kappa shape index (κ1) is 12.0. The molecule has 0 aromatic rings. The van der Waals surface area contributed by atoms with E-state index in [2.05, 4.69) is 33.1 Å². The predicted octanol–water partition coefficient (Wildman–Crippen LogP) is 2.69. The average Bonchev–Trinajstić information content (AvgIpc) is 2.47. The van der Waals surface area contributed by atoms with Crippen LogP contribution in [-0.2, 0) is 0 Å². The van der Waals surface area contributed by atoms with Crippen molar-refractivity contribution in [1.29, 1.82) is 0 Å². The maximum atomic E-state index is 5.70. The number of hydrogen-bond donors (Lipinski definition) is 2. The molecule has 14 heavy (non-hydrogen) atoms. The SMILES string of the molecule is CCC(C)C(NN)C1CCCC1(C)C. The fourth-order valence-electron chi connectivity index (χ4n) is 2.95. The third kappa shape index (κ3) is 2.29. The van der Waals surface area contributed by atoms with Gasteiger partial charge in [-0.1, -0.05) is 40.5 Å². The first-order valence-corrected chi connectivity index (χ1v) is 5.99. The molecule has 0 aliphatic heterocycles. The summed E-state index contributed by atoms with van der Waals surface area (Å²) in [6.07, 6.45) is 5.27. The molecule has 0 saturated heterocycles. The Morgan fingerprint density at radius 1 is 1.50 bits per heavy atom. The molecule has 1 fully saturated rings. The van der Waals surface area contributed by atoms with Crippen molar-refractivity contribution in [2.75, 3.05) is 0 Å². The second-order valence-electron chi connectivity index (χ2n) is 5.57. The minimum atomic E-state index is 0.473. The third-order valence-electron chi connectivity index (χ3n) is 4.22. The fraction of sp³-hybridized carbons (Fsp3) is 1.00. The Kier molecular flexibility index (Phi) is 3.96. The average molecular weight is 198 g/mol. The highest BCUT2D eigenvalue weighted by molar-refractivity contribution is 4.93. The molecule has 0 spiro atoms. The smallest absolute Gasteiger partial charge is 0.0269 e. The summed E-state index contributed by atoms with van der Waals surface area (Å²) in [5.74, 6) is 7.14. The molecule has 0 bridgehead atoms. The Morgan fingerprint density at radius 2 is 2.14 bits per heavy atom. The normalized spacial score (nSPS) is 30.2. The Balaban J connectivity index is 2.69. The zero-order valence-electron chi connectivity index (χ0n) is 10.1. The van der Waals surface area contributed by atoms with Gasteiger partial charge in [0.05, 0.1) is 0 Å². The second kappa shape index (κ2) is 4.63. The molecule has 2 heteroatoms. The molecule has 3 atom stereocenters. The van der Waals surface area contributed by atoms with Crippen molar-refractivity contribution in [3.63, 3.8) is 0 Å². The molecule has 0 aromatic carbocycles. The Morgan fingerprint density at radius 3 is 2.50 bits per heavy atom. The lowest BCUT2D eigenvalue weighted by Crippen LogP contribution is -2.48. The van der Waals surface area contributed by atoms with Gasteiger partial charge in [0.2, 0.25) is 0 Å². The molecule has 84 valence electrons. The Hall–Kier alpha value is -0.0800. The van der Waals surface area contributed by atoms with E-state index in [9.17, 15) is 0 Å². The van der Waals surface area contributed by atoms with Crippen LogP contribution in [0.15, 0.2) is 0 Å². The molecule has 3 unspecified atom stereocenters. The lowest BCUT2D eigenvalue weighted by atomic mass is 9.74. The molecule has 1 aliphatic carbocycles. The van der Waals surface area contributed by atoms with Crippen LogP contribution in [0.1, 0.15) is 53.4 Å². The fourth-order valence-corrected chi connectivity index (χ4v) is 2.95. The van der Waals surface area contributed by atoms with Gasteiger partial charge >= 0.3 is 0 Å². The molecule has 0 heterocycles. The molecule has 0 amide bonds. The summed E-state index contributed by atoms with van der Waals surface area (Å²) in [4.78, 5) is 0. The number of nitrogens with one attached hydrogen (secondary N) is 1. The summed E-state index contributed by atoms with van der Waals surface area (Å²) >= 11 is 0. The zero-order chi connectivity index (χ0) is 10.8. The number of nitrogens with two attached hydrogens (primary N) is 1. The van der Waals surface area contributed by atoms with Crippen LogP contribution in [-0.4, -0.2) is 6.04 Å². The van der Waals surface area contributed by atoms with Crippen LogP contribution in [0, 0.1) is 17.3 Å². The summed E-state index contributed by atoms with van der Waals surface area (Å²) in [5, 5.41) is 0. The van der Waals surface area contributed by atoms with Crippen LogP contribution in [0.25, 0.3) is 0 Å². The van der Waals surface area contributed by atoms with E-state index in [1.54, 1.807) is 0 Å². The van der Waals surface area contributed by atoms with E-state index in [1.807, 2.05) is 0 Å². The third-order valence-corrected chi connectivity index (χ3v) is 4.22. The molecule has 0 radical (unpaired) electrons. The number of hydrogen-bond acceptors (Lipinski definition) is 2. The van der Waals surface area contributed by atoms with Gasteiger partial charge < -0.3 is 0 Å². The second-order valence-corrected chi connectivity index (χ2v) is 5.57. The molecular weight excluding hydrogens is 172 g/mol. The van der Waals surface area contributed by atoms with Crippen molar-refractivity contribution in [2.24, 2.45) is 23.1 Å². The van der Waals surface area contributed by atoms with E-state index in [0.717, 1.165) is 5.92 Å². The van der Waals surface area contributed by atoms with Gasteiger partial charge in [0.15, 0.2) is 0 Å². The molecule has 3 N–H and O–H groups in total. The van der Waals surface area contributed by atoms with Crippen molar-refractivity contribution in [3.8, 4) is 0 Å². The minimum Gasteiger partial charge on any atom is -0.271 e. The zero-order valence-corrected chi connectivity index (χ0v) is 10.1. The van der Waals surface area contributed by atoms with E-state index in [1.165, 1.54) is 25.7 Å². The van der Waals surface area contributed by atoms with E-state index >= 15 is 0 Å². The largest absolute Gasteiger partial charge is 0.271 e. The summed E-state index contributed by atoms with van der Waals surface area (Å²) in [7, 11) is 0. The monoisotopic (exact) mass is 198 g/mol. The van der Waals surface area contributed by atoms with Crippen molar-refractivity contribution < 1.29 is 0 Å². The first-order valence-electron chi connectivity index (χ1n) is 5.99. The Bertz CT molecular complexity index is 177. The van der Waals surface area contributed by atoms with Crippen molar-refractivity contribution in [2.45, 2.75) is 59.4 Å². The first-order chi connectivity index (χ1) is 6.53. The quantitative estimate of drug-likeness (QED) is 0.538. The minimum absolute atomic E-state index is 0.473. The molecule has 2 nitrogen and oxygen atoms in total. The van der Waals surface area contributed by atoms with Crippen LogP contribution in [0.4, 0.5) is 0 Å². The van der Waals surface area contributed by atoms with E-state index < -0.39 is 0 Å². The van der Waals surface area contributed by atoms with Gasteiger partial charge in [-0.2, -0.15) is 0 Å². The van der Waals surface area contributed by atoms with Gasteiger partial charge in [0.1, 0.15) is 0 Å². The topological polar surface area (TPSA) is 38.0 Å². The maximum Gasteiger partial charge on any atom is 0.0269 e. The standard InChI is InChI=1S/C12H26N2/c1-5-9(2)11(14-13)10-7-6-8-12(10,3)4/h9-11,14H,5-8,13H2,1-4H3. The summed E-state index contributed by atoms with van der Waals surface area (Å²) in [5.41, 5.74) is 3.52. The van der Waals surface area contributed by atoms with Gasteiger partial charge in [0, 0.05) is 6.04 Å². The molecular formula is C12H26N2. The van der Waals surface area contributed by atoms with Crippen LogP contribution in [0.5, 0.6) is 0 Å². The van der Waals surface area contributed by atoms with Crippen molar-refractivity contribution in [3.05, 3.63) is 0 Å². The van der Waals surface area contributed by atoms with Crippen LogP contribution in [0.3, 0.4) is 0 Å². The van der Waals surface area contributed by atoms with Crippen molar-refractivity contribution in [1.82, 2.24) is 5.43 Å². The molecule has 1 aliphatic rings. The van der Waals surface area contributed by atoms with Crippen LogP contribution < -0.4 is 11.3 Å². The summed E-state index contributed by atoms with van der Waals surface area (Å²) in [6.45, 7) is 9.32. The Labute approximate surface area is 88.6 Å². The van der Waals surface area contributed by atoms with Crippen LogP contribution in [0.2, 0.25) is 0 Å². The maximum absolute atomic E-state index is 5.70. The lowest BCUT2D eigenvalue weighted by molar-refractivity contribution is 0.157. The van der Waals surface area contributed by atoms with E-state index in [4.69, 9.17) is 5.84 Å². The van der Waals surface area contributed by atoms with Gasteiger partial charge in [-0.05, 0) is 30.1 Å². The highest BCUT2D eigenvalue weighted by atomic mass is 15.2. The highest BCUT2D eigenvalue weighted by Crippen LogP contribution is 2.45. The highest BCUT2D eigenvalue weighted by Gasteiger charge is 2.40. The van der Waals surface area contributed by atoms with Crippen molar-refractivity contribution >= 4 is 0 Å². The van der Waals surface area contributed by atoms with Gasteiger partial charge in [-0.25, -0.2) is 0 Å². The number of rotatable bonds is 4. The van der Waals surface area contributed by atoms with E-state index in [0.29, 0.717) is 17.4 Å². The summed E-state index contributed by atoms with van der Waals surface area (Å²) in [6, 6.07) is 0.498. The molecule has 1 rings (SSSR count). The van der Waals surface area contributed by atoms with Gasteiger partial charge in [-0.3, -0.25) is 11.3 Å². The number of hydrazine groups is 1. The molecule has 1 saturated carbocycles. The lowest BCUT2D eigenvalue weighted by Gasteiger charge is -2.36. The predicted molar refractivity (Wildman–Crippen MR) is 61.7 cm³/mol. The van der Waals surface area contributed by atoms with E-state index in [-0.39, 0.29) is 0 Å². The summed E-state index contributed by atoms with van der Waals surface area (Å²) < 4.78 is 0. The van der Waals surface area contributed by atoms with Gasteiger partial charge in [0.25, 0.3) is 0 Å². The van der Waals surface area contributed by atoms with Crippen LogP contribution >= 0.6 is 0 Å².